The highest BCUT2D eigenvalue weighted by Crippen LogP contribution is 2.34. The van der Waals surface area contributed by atoms with E-state index in [4.69, 9.17) is 32.7 Å². The quantitative estimate of drug-likeness (QED) is 0.634. The predicted molar refractivity (Wildman–Crippen MR) is 71.8 cm³/mol. The van der Waals surface area contributed by atoms with Gasteiger partial charge in [0.05, 0.1) is 18.1 Å². The smallest absolute Gasteiger partial charge is 0.314 e. The Kier molecular flexibility index (Phi) is 4.21. The number of nitro benzene ring substituents is 1. The molecular weight excluding hydrogens is 309 g/mol. The second kappa shape index (κ2) is 5.89. The third-order valence-corrected chi connectivity index (χ3v) is 2.71. The molecule has 0 spiro atoms. The van der Waals surface area contributed by atoms with Crippen LogP contribution in [0.15, 0.2) is 24.3 Å². The summed E-state index contributed by atoms with van der Waals surface area (Å²) in [6.07, 6.45) is 0. The third kappa shape index (κ3) is 3.06. The number of benzene rings is 1. The molecule has 0 aliphatic rings. The summed E-state index contributed by atoms with van der Waals surface area (Å²) in [7, 11) is 1.34. The van der Waals surface area contributed by atoms with Crippen LogP contribution in [0.2, 0.25) is 10.3 Å². The van der Waals surface area contributed by atoms with Crippen LogP contribution in [-0.4, -0.2) is 22.2 Å². The van der Waals surface area contributed by atoms with Crippen molar-refractivity contribution in [2.24, 2.45) is 0 Å². The Balaban J connectivity index is 2.37. The van der Waals surface area contributed by atoms with Crippen molar-refractivity contribution in [2.75, 3.05) is 7.11 Å². The van der Waals surface area contributed by atoms with Gasteiger partial charge in [0.2, 0.25) is 0 Å². The molecule has 20 heavy (non-hydrogen) atoms. The van der Waals surface area contributed by atoms with Crippen LogP contribution in [0, 0.1) is 10.1 Å². The molecule has 1 aromatic carbocycles. The molecule has 2 rings (SSSR count). The summed E-state index contributed by atoms with van der Waals surface area (Å²) in [6.45, 7) is 0. The zero-order valence-corrected chi connectivity index (χ0v) is 11.6. The summed E-state index contributed by atoms with van der Waals surface area (Å²) in [5, 5.41) is 18.1. The Morgan fingerprint density at radius 1 is 1.20 bits per heavy atom. The molecule has 0 atom stereocenters. The van der Waals surface area contributed by atoms with Crippen LogP contribution < -0.4 is 9.47 Å². The average molecular weight is 316 g/mol. The number of ether oxygens (including phenoxy) is 2. The van der Waals surface area contributed by atoms with Gasteiger partial charge < -0.3 is 9.47 Å². The summed E-state index contributed by atoms with van der Waals surface area (Å²) in [5.74, 6) is 0.467. The topological polar surface area (TPSA) is 87.4 Å². The molecular formula is C11H7Cl2N3O4. The van der Waals surface area contributed by atoms with Gasteiger partial charge in [-0.25, -0.2) is 0 Å². The number of aromatic nitrogens is 2. The van der Waals surface area contributed by atoms with Crippen LogP contribution in [0.4, 0.5) is 5.69 Å². The Hall–Kier alpha value is -2.12. The van der Waals surface area contributed by atoms with Crippen molar-refractivity contribution in [3.8, 4) is 17.2 Å². The van der Waals surface area contributed by atoms with E-state index in [-0.39, 0.29) is 33.2 Å². The molecule has 0 aliphatic heterocycles. The fourth-order valence-corrected chi connectivity index (χ4v) is 1.68. The molecule has 0 bridgehead atoms. The molecule has 0 N–H and O–H groups in total. The number of nitro groups is 1. The van der Waals surface area contributed by atoms with E-state index in [0.29, 0.717) is 0 Å². The summed E-state index contributed by atoms with van der Waals surface area (Å²) in [6, 6.07) is 5.48. The number of halogens is 2. The van der Waals surface area contributed by atoms with Crippen LogP contribution in [-0.2, 0) is 0 Å². The first-order valence-corrected chi connectivity index (χ1v) is 5.96. The number of methoxy groups -OCH3 is 1. The standard InChI is InChI=1S/C11H7Cl2N3O4/c1-19-8-3-2-6(4-7(8)16(17)18)20-9-5-10(12)14-15-11(9)13/h2-5H,1H3. The fraction of sp³-hybridized carbons (Fsp3) is 0.0909. The summed E-state index contributed by atoms with van der Waals surface area (Å²) < 4.78 is 10.3. The van der Waals surface area contributed by atoms with E-state index < -0.39 is 4.92 Å². The van der Waals surface area contributed by atoms with E-state index in [1.807, 2.05) is 0 Å². The fourth-order valence-electron chi connectivity index (χ4n) is 1.41. The summed E-state index contributed by atoms with van der Waals surface area (Å²) in [5.41, 5.74) is -0.228. The minimum absolute atomic E-state index is 0.00660. The van der Waals surface area contributed by atoms with Gasteiger partial charge in [-0.2, -0.15) is 0 Å². The van der Waals surface area contributed by atoms with Crippen molar-refractivity contribution in [1.82, 2.24) is 10.2 Å². The molecule has 2 aromatic rings. The van der Waals surface area contributed by atoms with E-state index in [0.717, 1.165) is 0 Å². The van der Waals surface area contributed by atoms with Crippen LogP contribution in [0.1, 0.15) is 0 Å². The minimum atomic E-state index is -0.578. The van der Waals surface area contributed by atoms with Crippen molar-refractivity contribution < 1.29 is 14.4 Å². The highest BCUT2D eigenvalue weighted by atomic mass is 35.5. The maximum Gasteiger partial charge on any atom is 0.314 e. The first kappa shape index (κ1) is 14.3. The molecule has 0 radical (unpaired) electrons. The Morgan fingerprint density at radius 2 is 1.95 bits per heavy atom. The lowest BCUT2D eigenvalue weighted by atomic mass is 10.3. The first-order chi connectivity index (χ1) is 9.51. The molecule has 0 fully saturated rings. The van der Waals surface area contributed by atoms with Crippen LogP contribution in [0.3, 0.4) is 0 Å². The van der Waals surface area contributed by atoms with Gasteiger partial charge in [0.25, 0.3) is 0 Å². The highest BCUT2D eigenvalue weighted by Gasteiger charge is 2.17. The maximum absolute atomic E-state index is 10.9. The van der Waals surface area contributed by atoms with Gasteiger partial charge in [0.15, 0.2) is 21.8 Å². The monoisotopic (exact) mass is 315 g/mol. The Labute approximate surface area is 123 Å². The predicted octanol–water partition coefficient (Wildman–Crippen LogP) is 3.49. The molecule has 1 heterocycles. The zero-order valence-electron chi connectivity index (χ0n) is 10.0. The SMILES string of the molecule is COc1ccc(Oc2cc(Cl)nnc2Cl)cc1[N+](=O)[O-]. The normalized spacial score (nSPS) is 10.2. The second-order valence-electron chi connectivity index (χ2n) is 3.51. The lowest BCUT2D eigenvalue weighted by Gasteiger charge is -2.08. The van der Waals surface area contributed by atoms with E-state index >= 15 is 0 Å². The number of rotatable bonds is 4. The molecule has 104 valence electrons. The molecule has 0 unspecified atom stereocenters. The Bertz CT molecular complexity index is 666. The molecule has 0 amide bonds. The van der Waals surface area contributed by atoms with Gasteiger partial charge in [0.1, 0.15) is 5.75 Å². The second-order valence-corrected chi connectivity index (χ2v) is 4.26. The third-order valence-electron chi connectivity index (χ3n) is 2.26. The largest absolute Gasteiger partial charge is 0.490 e. The first-order valence-electron chi connectivity index (χ1n) is 5.20. The minimum Gasteiger partial charge on any atom is -0.490 e. The molecule has 0 saturated carbocycles. The van der Waals surface area contributed by atoms with Crippen molar-refractivity contribution >= 4 is 28.9 Å². The van der Waals surface area contributed by atoms with Gasteiger partial charge in [-0.1, -0.05) is 23.2 Å². The van der Waals surface area contributed by atoms with Crippen molar-refractivity contribution in [3.05, 3.63) is 44.7 Å². The van der Waals surface area contributed by atoms with Crippen LogP contribution in [0.25, 0.3) is 0 Å². The van der Waals surface area contributed by atoms with E-state index in [9.17, 15) is 10.1 Å². The number of nitrogens with zero attached hydrogens (tertiary/aromatic N) is 3. The van der Waals surface area contributed by atoms with Crippen LogP contribution in [0.5, 0.6) is 17.2 Å². The summed E-state index contributed by atoms with van der Waals surface area (Å²) in [4.78, 5) is 10.3. The maximum atomic E-state index is 10.9. The molecule has 7 nitrogen and oxygen atoms in total. The van der Waals surface area contributed by atoms with Crippen LogP contribution >= 0.6 is 23.2 Å². The number of hydrogen-bond donors (Lipinski definition) is 0. The average Bonchev–Trinajstić information content (AvgIpc) is 2.42. The van der Waals surface area contributed by atoms with Gasteiger partial charge in [0, 0.05) is 6.07 Å². The van der Waals surface area contributed by atoms with E-state index in [2.05, 4.69) is 10.2 Å². The molecule has 0 saturated heterocycles. The van der Waals surface area contributed by atoms with Crippen molar-refractivity contribution in [1.29, 1.82) is 0 Å². The van der Waals surface area contributed by atoms with Gasteiger partial charge in [-0.05, 0) is 12.1 Å². The van der Waals surface area contributed by atoms with Gasteiger partial charge >= 0.3 is 5.69 Å². The molecule has 0 aliphatic carbocycles. The highest BCUT2D eigenvalue weighted by molar-refractivity contribution is 6.32. The lowest BCUT2D eigenvalue weighted by Crippen LogP contribution is -1.95. The van der Waals surface area contributed by atoms with Crippen molar-refractivity contribution in [3.63, 3.8) is 0 Å². The van der Waals surface area contributed by atoms with E-state index in [1.54, 1.807) is 0 Å². The number of hydrogen-bond acceptors (Lipinski definition) is 6. The Morgan fingerprint density at radius 3 is 2.60 bits per heavy atom. The summed E-state index contributed by atoms with van der Waals surface area (Å²) >= 11 is 11.5. The van der Waals surface area contributed by atoms with Gasteiger partial charge in [-0.15, -0.1) is 10.2 Å². The van der Waals surface area contributed by atoms with E-state index in [1.165, 1.54) is 31.4 Å². The zero-order chi connectivity index (χ0) is 14.7. The molecule has 9 heteroatoms. The lowest BCUT2D eigenvalue weighted by molar-refractivity contribution is -0.385. The molecule has 1 aromatic heterocycles. The van der Waals surface area contributed by atoms with Crippen molar-refractivity contribution in [2.45, 2.75) is 0 Å². The van der Waals surface area contributed by atoms with Gasteiger partial charge in [-0.3, -0.25) is 10.1 Å².